The van der Waals surface area contributed by atoms with Crippen molar-refractivity contribution in [2.75, 3.05) is 0 Å². The lowest BCUT2D eigenvalue weighted by Crippen LogP contribution is -2.62. The number of rotatable bonds is 7. The molecule has 3 aromatic carbocycles. The highest BCUT2D eigenvalue weighted by atomic mass is 16.6. The normalized spacial score (nSPS) is 19.6. The Hall–Kier alpha value is -4.92. The molecule has 9 heteroatoms. The number of ketones is 1. The summed E-state index contributed by atoms with van der Waals surface area (Å²) in [4.78, 5) is 62.9. The molecule has 0 bridgehead atoms. The van der Waals surface area contributed by atoms with Crippen LogP contribution in [0.15, 0.2) is 78.5 Å². The highest BCUT2D eigenvalue weighted by Crippen LogP contribution is 2.51. The molecule has 0 aliphatic carbocycles. The largest absolute Gasteiger partial charge is 0.385 e. The third-order valence-corrected chi connectivity index (χ3v) is 7.88. The topological polar surface area (TPSA) is 124 Å². The van der Waals surface area contributed by atoms with E-state index in [0.29, 0.717) is 11.1 Å². The van der Waals surface area contributed by atoms with Crippen LogP contribution in [0.4, 0.5) is 5.69 Å². The van der Waals surface area contributed by atoms with Gasteiger partial charge in [0.1, 0.15) is 5.70 Å². The minimum Gasteiger partial charge on any atom is -0.385 e. The molecule has 2 aliphatic rings. The first-order valence-corrected chi connectivity index (χ1v) is 13.3. The molecule has 1 fully saturated rings. The lowest BCUT2D eigenvalue weighted by Gasteiger charge is -2.47. The standard InChI is InChI=1S/C32H28N2O7/c1-17(2)26-28-18(3)27(23-11-9-22(10-12-23)21-7-5-20(6-8-21)19(4)35)29(33(28)30(26)36)32(38)41-31(37)24-13-15-25(16-14-24)34(39)40/h5-18,26,28H,1-4H3/t18-,26+,28+/m0/s1. The smallest absolute Gasteiger partial charge is 0.363 e. The zero-order valence-corrected chi connectivity index (χ0v) is 23.0. The van der Waals surface area contributed by atoms with Crippen LogP contribution in [0.3, 0.4) is 0 Å². The highest BCUT2D eigenvalue weighted by molar-refractivity contribution is 6.11. The number of benzene rings is 3. The number of hydrogen-bond acceptors (Lipinski definition) is 7. The summed E-state index contributed by atoms with van der Waals surface area (Å²) in [5.74, 6) is -2.52. The van der Waals surface area contributed by atoms with Gasteiger partial charge in [-0.2, -0.15) is 0 Å². The van der Waals surface area contributed by atoms with E-state index in [0.717, 1.165) is 28.8 Å². The van der Waals surface area contributed by atoms with Gasteiger partial charge in [0.15, 0.2) is 5.78 Å². The van der Waals surface area contributed by atoms with Gasteiger partial charge in [0.05, 0.1) is 22.4 Å². The van der Waals surface area contributed by atoms with Gasteiger partial charge in [-0.3, -0.25) is 19.7 Å². The van der Waals surface area contributed by atoms with E-state index in [1.165, 1.54) is 24.0 Å². The second kappa shape index (κ2) is 10.6. The van der Waals surface area contributed by atoms with E-state index in [1.807, 2.05) is 57.2 Å². The van der Waals surface area contributed by atoms with E-state index >= 15 is 0 Å². The van der Waals surface area contributed by atoms with Crippen LogP contribution in [0.5, 0.6) is 0 Å². The molecule has 9 nitrogen and oxygen atoms in total. The minimum atomic E-state index is -0.967. The maximum atomic E-state index is 13.5. The Balaban J connectivity index is 1.48. The number of fused-ring (bicyclic) bond motifs is 1. The number of amides is 1. The van der Waals surface area contributed by atoms with E-state index in [1.54, 1.807) is 12.1 Å². The Bertz CT molecular complexity index is 1600. The van der Waals surface area contributed by atoms with Crippen molar-refractivity contribution in [3.8, 4) is 11.1 Å². The number of Topliss-reactive ketones (excluding diaryl/α,β-unsaturated/α-hetero) is 1. The average molecular weight is 553 g/mol. The van der Waals surface area contributed by atoms with Gasteiger partial charge >= 0.3 is 11.9 Å². The zero-order chi connectivity index (χ0) is 29.6. The van der Waals surface area contributed by atoms with Gasteiger partial charge < -0.3 is 9.64 Å². The molecule has 5 rings (SSSR count). The number of nitro benzene ring substituents is 1. The summed E-state index contributed by atoms with van der Waals surface area (Å²) in [6, 6.07) is 19.3. The van der Waals surface area contributed by atoms with Crippen molar-refractivity contribution in [3.05, 3.63) is 105 Å². The Kier molecular flexibility index (Phi) is 7.13. The van der Waals surface area contributed by atoms with Crippen LogP contribution in [0.25, 0.3) is 16.7 Å². The van der Waals surface area contributed by atoms with Crippen molar-refractivity contribution in [1.82, 2.24) is 4.90 Å². The van der Waals surface area contributed by atoms with Crippen LogP contribution < -0.4 is 0 Å². The maximum absolute atomic E-state index is 13.5. The Labute approximate surface area is 236 Å². The molecular formula is C32H28N2O7. The van der Waals surface area contributed by atoms with E-state index in [4.69, 9.17) is 4.74 Å². The first kappa shape index (κ1) is 27.6. The third kappa shape index (κ3) is 4.84. The first-order chi connectivity index (χ1) is 19.5. The Morgan fingerprint density at radius 3 is 1.85 bits per heavy atom. The number of nitro groups is 1. The van der Waals surface area contributed by atoms with Crippen LogP contribution in [-0.2, 0) is 14.3 Å². The van der Waals surface area contributed by atoms with E-state index in [9.17, 15) is 29.3 Å². The second-order valence-electron chi connectivity index (χ2n) is 10.7. The molecule has 0 saturated carbocycles. The fourth-order valence-corrected chi connectivity index (χ4v) is 5.78. The minimum absolute atomic E-state index is 0.0144. The quantitative estimate of drug-likeness (QED) is 0.0921. The van der Waals surface area contributed by atoms with Crippen molar-refractivity contribution in [2.45, 2.75) is 33.7 Å². The van der Waals surface area contributed by atoms with Crippen molar-refractivity contribution in [1.29, 1.82) is 0 Å². The van der Waals surface area contributed by atoms with Gasteiger partial charge in [-0.1, -0.05) is 69.3 Å². The van der Waals surface area contributed by atoms with E-state index < -0.39 is 16.9 Å². The summed E-state index contributed by atoms with van der Waals surface area (Å²) in [5.41, 5.74) is 3.61. The van der Waals surface area contributed by atoms with Crippen LogP contribution in [0.2, 0.25) is 0 Å². The monoisotopic (exact) mass is 552 g/mol. The summed E-state index contributed by atoms with van der Waals surface area (Å²) in [6.45, 7) is 7.40. The molecule has 3 aromatic rings. The summed E-state index contributed by atoms with van der Waals surface area (Å²) in [6.07, 6.45) is 0. The molecule has 2 aliphatic heterocycles. The van der Waals surface area contributed by atoms with Gasteiger partial charge in [-0.25, -0.2) is 9.59 Å². The predicted molar refractivity (Wildman–Crippen MR) is 150 cm³/mol. The van der Waals surface area contributed by atoms with Crippen LogP contribution >= 0.6 is 0 Å². The molecule has 0 aromatic heterocycles. The number of esters is 2. The highest BCUT2D eigenvalue weighted by Gasteiger charge is 2.59. The van der Waals surface area contributed by atoms with Crippen molar-refractivity contribution in [2.24, 2.45) is 17.8 Å². The fraction of sp³-hybridized carbons (Fsp3) is 0.250. The number of ether oxygens (including phenoxy) is 1. The van der Waals surface area contributed by atoms with E-state index in [-0.39, 0.29) is 52.4 Å². The second-order valence-corrected chi connectivity index (χ2v) is 10.7. The van der Waals surface area contributed by atoms with Gasteiger partial charge in [0, 0.05) is 23.6 Å². The van der Waals surface area contributed by atoms with Gasteiger partial charge in [0.25, 0.3) is 5.69 Å². The summed E-state index contributed by atoms with van der Waals surface area (Å²) < 4.78 is 5.21. The van der Waals surface area contributed by atoms with Crippen molar-refractivity contribution in [3.63, 3.8) is 0 Å². The third-order valence-electron chi connectivity index (χ3n) is 7.88. The van der Waals surface area contributed by atoms with Crippen molar-refractivity contribution >= 4 is 34.9 Å². The Morgan fingerprint density at radius 1 is 0.829 bits per heavy atom. The van der Waals surface area contributed by atoms with Crippen LogP contribution in [-0.4, -0.2) is 39.5 Å². The van der Waals surface area contributed by atoms with Gasteiger partial charge in [0.2, 0.25) is 5.91 Å². The van der Waals surface area contributed by atoms with Gasteiger partial charge in [-0.15, -0.1) is 0 Å². The summed E-state index contributed by atoms with van der Waals surface area (Å²) >= 11 is 0. The molecule has 0 N–H and O–H groups in total. The molecule has 3 atom stereocenters. The molecule has 1 amide bonds. The fourth-order valence-electron chi connectivity index (χ4n) is 5.78. The lowest BCUT2D eigenvalue weighted by molar-refractivity contribution is -0.384. The Morgan fingerprint density at radius 2 is 1.34 bits per heavy atom. The number of carbonyl (C=O) groups excluding carboxylic acids is 4. The lowest BCUT2D eigenvalue weighted by atomic mass is 9.74. The molecule has 0 spiro atoms. The van der Waals surface area contributed by atoms with Crippen LogP contribution in [0.1, 0.15) is 54.0 Å². The first-order valence-electron chi connectivity index (χ1n) is 13.3. The molecule has 2 heterocycles. The molecule has 0 radical (unpaired) electrons. The number of non-ortho nitro benzene ring substituents is 1. The molecular weight excluding hydrogens is 524 g/mol. The molecule has 41 heavy (non-hydrogen) atoms. The molecule has 208 valence electrons. The zero-order valence-electron chi connectivity index (χ0n) is 23.0. The average Bonchev–Trinajstić information content (AvgIpc) is 3.21. The number of nitrogens with zero attached hydrogens (tertiary/aromatic N) is 2. The van der Waals surface area contributed by atoms with Crippen LogP contribution in [0, 0.1) is 27.9 Å². The summed E-state index contributed by atoms with van der Waals surface area (Å²) in [5, 5.41) is 10.9. The molecule has 0 unspecified atom stereocenters. The summed E-state index contributed by atoms with van der Waals surface area (Å²) in [7, 11) is 0. The predicted octanol–water partition coefficient (Wildman–Crippen LogP) is 5.69. The maximum Gasteiger partial charge on any atom is 0.363 e. The number of β-lactam (4-membered cyclic amide) rings is 1. The number of carbonyl (C=O) groups is 4. The van der Waals surface area contributed by atoms with Crippen molar-refractivity contribution < 1.29 is 28.8 Å². The van der Waals surface area contributed by atoms with E-state index in [2.05, 4.69) is 0 Å². The number of hydrogen-bond donors (Lipinski definition) is 0. The molecule has 1 saturated heterocycles. The SMILES string of the molecule is CC(=O)c1ccc(-c2ccc(C3=C(C(=O)OC(=O)c4ccc([N+](=O)[O-])cc4)N4C(=O)[C@H](C(C)C)[C@H]4[C@H]3C)cc2)cc1. The van der Waals surface area contributed by atoms with Gasteiger partial charge in [-0.05, 0) is 47.2 Å².